The summed E-state index contributed by atoms with van der Waals surface area (Å²) in [5.74, 6) is 0. The Morgan fingerprint density at radius 2 is 1.91 bits per heavy atom. The topological polar surface area (TPSA) is 34.4 Å². The van der Waals surface area contributed by atoms with Crippen molar-refractivity contribution in [1.29, 1.82) is 0 Å². The average molecular weight is 296 g/mol. The van der Waals surface area contributed by atoms with Crippen molar-refractivity contribution < 1.29 is 13.4 Å². The molecule has 1 aliphatic heterocycles. The molecular formula is C16H11BF2N2O. The van der Waals surface area contributed by atoms with Crippen LogP contribution in [0.25, 0.3) is 5.57 Å². The number of allylic oxidation sites excluding steroid dienone is 2. The van der Waals surface area contributed by atoms with Crippen molar-refractivity contribution in [3.8, 4) is 0 Å². The summed E-state index contributed by atoms with van der Waals surface area (Å²) in [6, 6.07) is 12.1. The van der Waals surface area contributed by atoms with E-state index in [9.17, 15) is 13.4 Å². The SMILES string of the molecule is O=Cc1ccc(/C(=C2/C=CC=N2)c2ccccc2)n1B(F)F. The fourth-order valence-electron chi connectivity index (χ4n) is 2.46. The summed E-state index contributed by atoms with van der Waals surface area (Å²) in [7, 11) is -2.81. The number of nitrogens with zero attached hydrogens (tertiary/aromatic N) is 2. The minimum Gasteiger partial charge on any atom is -0.322 e. The van der Waals surface area contributed by atoms with E-state index < -0.39 is 7.40 Å². The fourth-order valence-corrected chi connectivity index (χ4v) is 2.46. The molecule has 0 atom stereocenters. The molecule has 2 heterocycles. The first-order valence-corrected chi connectivity index (χ1v) is 6.67. The molecule has 6 heteroatoms. The Hall–Kier alpha value is -2.76. The molecule has 0 N–H and O–H groups in total. The molecule has 0 fully saturated rings. The molecule has 3 nitrogen and oxygen atoms in total. The summed E-state index contributed by atoms with van der Waals surface area (Å²) in [4.78, 5) is 15.2. The van der Waals surface area contributed by atoms with Gasteiger partial charge in [0.1, 0.15) is 0 Å². The van der Waals surface area contributed by atoms with E-state index in [-0.39, 0.29) is 11.4 Å². The van der Waals surface area contributed by atoms with Gasteiger partial charge >= 0.3 is 7.40 Å². The van der Waals surface area contributed by atoms with E-state index >= 15 is 0 Å². The maximum absolute atomic E-state index is 13.4. The number of carbonyl (C=O) groups excluding carboxylic acids is 1. The highest BCUT2D eigenvalue weighted by Crippen LogP contribution is 2.31. The number of aldehydes is 1. The largest absolute Gasteiger partial charge is 0.678 e. The van der Waals surface area contributed by atoms with Crippen molar-refractivity contribution in [3.63, 3.8) is 0 Å². The van der Waals surface area contributed by atoms with Crippen LogP contribution in [0.15, 0.2) is 65.3 Å². The molecule has 1 aliphatic rings. The Balaban J connectivity index is 2.28. The van der Waals surface area contributed by atoms with E-state index in [1.807, 2.05) is 30.3 Å². The molecule has 0 bridgehead atoms. The van der Waals surface area contributed by atoms with Gasteiger partial charge in [-0.15, -0.1) is 0 Å². The molecule has 0 radical (unpaired) electrons. The molecule has 0 saturated carbocycles. The zero-order valence-corrected chi connectivity index (χ0v) is 11.5. The van der Waals surface area contributed by atoms with Crippen LogP contribution in [-0.2, 0) is 0 Å². The van der Waals surface area contributed by atoms with Gasteiger partial charge in [0.2, 0.25) is 0 Å². The average Bonchev–Trinajstić information content (AvgIpc) is 3.18. The number of hydrogen-bond donors (Lipinski definition) is 0. The van der Waals surface area contributed by atoms with Crippen LogP contribution >= 0.6 is 0 Å². The summed E-state index contributed by atoms with van der Waals surface area (Å²) in [5.41, 5.74) is 2.12. The summed E-state index contributed by atoms with van der Waals surface area (Å²) in [5, 5.41) is 0. The number of benzene rings is 1. The highest BCUT2D eigenvalue weighted by molar-refractivity contribution is 6.42. The number of halogens is 2. The van der Waals surface area contributed by atoms with Gasteiger partial charge in [0, 0.05) is 17.5 Å². The molecule has 1 aromatic heterocycles. The zero-order chi connectivity index (χ0) is 15.5. The number of rotatable bonds is 4. The number of carbonyl (C=O) groups is 1. The lowest BCUT2D eigenvalue weighted by Crippen LogP contribution is -2.19. The van der Waals surface area contributed by atoms with Gasteiger partial charge in [-0.1, -0.05) is 30.3 Å². The van der Waals surface area contributed by atoms with E-state index in [1.54, 1.807) is 18.4 Å². The Kier molecular flexibility index (Phi) is 3.83. The maximum Gasteiger partial charge on any atom is 0.678 e. The minimum absolute atomic E-state index is 0.0648. The number of aromatic nitrogens is 1. The van der Waals surface area contributed by atoms with Gasteiger partial charge in [0.15, 0.2) is 6.29 Å². The molecule has 0 unspecified atom stereocenters. The smallest absolute Gasteiger partial charge is 0.322 e. The minimum atomic E-state index is -2.81. The highest BCUT2D eigenvalue weighted by Gasteiger charge is 2.26. The van der Waals surface area contributed by atoms with E-state index in [0.717, 1.165) is 10.0 Å². The van der Waals surface area contributed by atoms with Crippen molar-refractivity contribution in [2.75, 3.05) is 0 Å². The predicted molar refractivity (Wildman–Crippen MR) is 83.3 cm³/mol. The lowest BCUT2D eigenvalue weighted by Gasteiger charge is -2.13. The van der Waals surface area contributed by atoms with E-state index in [1.165, 1.54) is 12.1 Å². The van der Waals surface area contributed by atoms with Gasteiger partial charge in [0.05, 0.1) is 11.4 Å². The van der Waals surface area contributed by atoms with Gasteiger partial charge in [-0.05, 0) is 29.8 Å². The number of aliphatic imine (C=N–C) groups is 1. The molecule has 108 valence electrons. The van der Waals surface area contributed by atoms with E-state index in [4.69, 9.17) is 0 Å². The van der Waals surface area contributed by atoms with Crippen LogP contribution in [0.1, 0.15) is 21.7 Å². The highest BCUT2D eigenvalue weighted by atomic mass is 19.2. The van der Waals surface area contributed by atoms with Crippen molar-refractivity contribution >= 4 is 25.5 Å². The normalized spacial score (nSPS) is 15.2. The van der Waals surface area contributed by atoms with Gasteiger partial charge < -0.3 is 4.48 Å². The summed E-state index contributed by atoms with van der Waals surface area (Å²) in [6.45, 7) is 0. The molecule has 0 spiro atoms. The second-order valence-electron chi connectivity index (χ2n) is 4.67. The number of hydrogen-bond acceptors (Lipinski definition) is 2. The molecule has 3 rings (SSSR count). The van der Waals surface area contributed by atoms with Gasteiger partial charge in [-0.3, -0.25) is 18.4 Å². The van der Waals surface area contributed by atoms with Crippen LogP contribution in [0.4, 0.5) is 8.63 Å². The second kappa shape index (κ2) is 5.93. The maximum atomic E-state index is 13.4. The third kappa shape index (κ3) is 2.43. The Morgan fingerprint density at radius 3 is 2.50 bits per heavy atom. The lowest BCUT2D eigenvalue weighted by atomic mass is 9.99. The second-order valence-corrected chi connectivity index (χ2v) is 4.67. The summed E-state index contributed by atoms with van der Waals surface area (Å²) < 4.78 is 27.5. The molecular weight excluding hydrogens is 285 g/mol. The van der Waals surface area contributed by atoms with E-state index in [2.05, 4.69) is 4.99 Å². The van der Waals surface area contributed by atoms with Gasteiger partial charge in [0.25, 0.3) is 0 Å². The van der Waals surface area contributed by atoms with Crippen molar-refractivity contribution in [1.82, 2.24) is 4.48 Å². The molecule has 2 aromatic rings. The van der Waals surface area contributed by atoms with Crippen molar-refractivity contribution in [3.05, 3.63) is 77.3 Å². The zero-order valence-electron chi connectivity index (χ0n) is 11.5. The molecule has 0 aliphatic carbocycles. The van der Waals surface area contributed by atoms with Gasteiger partial charge in [-0.25, -0.2) is 0 Å². The molecule has 1 aromatic carbocycles. The fraction of sp³-hybridized carbons (Fsp3) is 0. The van der Waals surface area contributed by atoms with Crippen LogP contribution in [-0.4, -0.2) is 24.4 Å². The first-order valence-electron chi connectivity index (χ1n) is 6.67. The van der Waals surface area contributed by atoms with Crippen LogP contribution in [0, 0.1) is 0 Å². The van der Waals surface area contributed by atoms with E-state index in [0.29, 0.717) is 17.6 Å². The Labute approximate surface area is 126 Å². The Morgan fingerprint density at radius 1 is 1.14 bits per heavy atom. The Bertz CT molecular complexity index is 778. The molecule has 0 saturated heterocycles. The monoisotopic (exact) mass is 296 g/mol. The lowest BCUT2D eigenvalue weighted by molar-refractivity contribution is 0.111. The van der Waals surface area contributed by atoms with Gasteiger partial charge in [-0.2, -0.15) is 0 Å². The van der Waals surface area contributed by atoms with Crippen LogP contribution in [0.2, 0.25) is 0 Å². The quantitative estimate of drug-likeness (QED) is 0.628. The molecule has 22 heavy (non-hydrogen) atoms. The summed E-state index contributed by atoms with van der Waals surface area (Å²) in [6.07, 6.45) is 5.53. The third-order valence-corrected chi connectivity index (χ3v) is 3.39. The first-order chi connectivity index (χ1) is 10.7. The predicted octanol–water partition coefficient (Wildman–Crippen LogP) is 3.47. The third-order valence-electron chi connectivity index (χ3n) is 3.39. The van der Waals surface area contributed by atoms with Crippen LogP contribution < -0.4 is 0 Å². The van der Waals surface area contributed by atoms with Crippen LogP contribution in [0.5, 0.6) is 0 Å². The standard InChI is InChI=1S/C16H11BF2N2O/c18-17(19)21-13(11-22)8-9-15(21)16(14-7-4-10-20-14)12-5-2-1-3-6-12/h1-11H/b16-14-. The van der Waals surface area contributed by atoms with Crippen molar-refractivity contribution in [2.45, 2.75) is 0 Å². The first kappa shape index (κ1) is 14.2. The van der Waals surface area contributed by atoms with Crippen LogP contribution in [0.3, 0.4) is 0 Å². The summed E-state index contributed by atoms with van der Waals surface area (Å²) >= 11 is 0. The van der Waals surface area contributed by atoms with Crippen molar-refractivity contribution in [2.24, 2.45) is 4.99 Å². The molecule has 0 amide bonds.